The number of hydrogen-bond donors (Lipinski definition) is 0. The number of allylic oxidation sites excluding steroid dienone is 4. The fourth-order valence-electron chi connectivity index (χ4n) is 5.10. The van der Waals surface area contributed by atoms with Crippen LogP contribution in [0.25, 0.3) is 43.8 Å². The van der Waals surface area contributed by atoms with E-state index in [2.05, 4.69) is 163 Å². The molecule has 41 heavy (non-hydrogen) atoms. The van der Waals surface area contributed by atoms with Gasteiger partial charge in [-0.2, -0.15) is 11.6 Å². The molecular formula is C40H42Zr. The fourth-order valence-corrected chi connectivity index (χ4v) is 5.10. The van der Waals surface area contributed by atoms with E-state index in [1.54, 1.807) is 24.2 Å². The molecule has 0 saturated heterocycles. The van der Waals surface area contributed by atoms with Gasteiger partial charge in [0.25, 0.3) is 0 Å². The fraction of sp³-hybridized carbons (Fsp3) is 0.250. The summed E-state index contributed by atoms with van der Waals surface area (Å²) in [6.07, 6.45) is 10.4. The van der Waals surface area contributed by atoms with E-state index < -0.39 is 0 Å². The standard InChI is InChI=1S/C25H17.C12H19.C3H6.Zr/c1-3-7-18(8-4-1)20-11-13-24-22(15-20)17-23-16-21(12-14-25(23)24)19-9-5-2-6-10-19;1-5-6-10-7-8-11(9-10)12(2,3)4;1-3-2;/h1-17H;8-10H,5-6H2,1-4H3;1-2H3;/q2*-1;;+2. The molecule has 1 aliphatic rings. The van der Waals surface area contributed by atoms with Gasteiger partial charge in [-0.1, -0.05) is 148 Å². The van der Waals surface area contributed by atoms with Crippen LogP contribution in [0.3, 0.4) is 0 Å². The zero-order chi connectivity index (χ0) is 29.4. The Bertz CT molecular complexity index is 1540. The third-order valence-electron chi connectivity index (χ3n) is 7.22. The van der Waals surface area contributed by atoms with E-state index in [0.717, 1.165) is 0 Å². The molecule has 1 atom stereocenters. The smallest absolute Gasteiger partial charge is 0.0259 e. The minimum absolute atomic E-state index is 0.301. The van der Waals surface area contributed by atoms with Crippen molar-refractivity contribution >= 4 is 24.8 Å². The summed E-state index contributed by atoms with van der Waals surface area (Å²) in [7, 11) is 0. The Morgan fingerprint density at radius 2 is 1.20 bits per heavy atom. The summed E-state index contributed by atoms with van der Waals surface area (Å²) < 4.78 is 1.51. The predicted octanol–water partition coefficient (Wildman–Crippen LogP) is 11.5. The number of rotatable bonds is 4. The molecule has 0 fully saturated rings. The summed E-state index contributed by atoms with van der Waals surface area (Å²) in [6, 6.07) is 37.0. The maximum Gasteiger partial charge on any atom is -0.0259 e. The third-order valence-corrected chi connectivity index (χ3v) is 7.22. The molecule has 0 nitrogen and oxygen atoms in total. The van der Waals surface area contributed by atoms with Crippen molar-refractivity contribution in [3.63, 3.8) is 0 Å². The summed E-state index contributed by atoms with van der Waals surface area (Å²) in [6.45, 7) is 13.2. The van der Waals surface area contributed by atoms with E-state index in [0.29, 0.717) is 11.3 Å². The SMILES string of the molecule is CCCC1[C-]=CC(C(C)(C)C)=C1.C[C](C)=[Zr+2].c1ccc(-c2ccc3c(c2)[cH-]c2cc(-c4ccccc4)ccc23)cc1. The molecule has 0 saturated carbocycles. The molecular weight excluding hydrogens is 572 g/mol. The monoisotopic (exact) mass is 612 g/mol. The van der Waals surface area contributed by atoms with Crippen molar-refractivity contribution in [1.82, 2.24) is 0 Å². The van der Waals surface area contributed by atoms with E-state index in [1.807, 2.05) is 0 Å². The first-order valence-electron chi connectivity index (χ1n) is 14.7. The Kier molecular flexibility index (Phi) is 10.7. The summed E-state index contributed by atoms with van der Waals surface area (Å²) >= 11 is 1.55. The molecule has 206 valence electrons. The number of hydrogen-bond acceptors (Lipinski definition) is 0. The van der Waals surface area contributed by atoms with Gasteiger partial charge in [-0.3, -0.25) is 6.08 Å². The Morgan fingerprint density at radius 1 is 0.732 bits per heavy atom. The third kappa shape index (κ3) is 8.50. The van der Waals surface area contributed by atoms with Crippen molar-refractivity contribution in [1.29, 1.82) is 0 Å². The zero-order valence-electron chi connectivity index (χ0n) is 25.5. The minimum Gasteiger partial charge on any atom is -0.126 e. The van der Waals surface area contributed by atoms with Crippen molar-refractivity contribution in [2.24, 2.45) is 11.3 Å². The van der Waals surface area contributed by atoms with Gasteiger partial charge >= 0.3 is 41.3 Å². The van der Waals surface area contributed by atoms with Crippen molar-refractivity contribution in [3.05, 3.63) is 127 Å². The summed E-state index contributed by atoms with van der Waals surface area (Å²) in [5.41, 5.74) is 6.81. The summed E-state index contributed by atoms with van der Waals surface area (Å²) in [4.78, 5) is 0. The average Bonchev–Trinajstić information content (AvgIpc) is 3.58. The van der Waals surface area contributed by atoms with Crippen molar-refractivity contribution in [3.8, 4) is 22.3 Å². The minimum atomic E-state index is 0.301. The van der Waals surface area contributed by atoms with Crippen LogP contribution in [0.15, 0.2) is 121 Å². The number of benzene rings is 4. The van der Waals surface area contributed by atoms with Crippen molar-refractivity contribution < 1.29 is 24.2 Å². The quantitative estimate of drug-likeness (QED) is 0.177. The van der Waals surface area contributed by atoms with Gasteiger partial charge in [0.05, 0.1) is 0 Å². The largest absolute Gasteiger partial charge is 0.126 e. The van der Waals surface area contributed by atoms with Gasteiger partial charge in [0.15, 0.2) is 0 Å². The van der Waals surface area contributed by atoms with Crippen LogP contribution in [0.2, 0.25) is 0 Å². The Balaban J connectivity index is 0.000000203. The molecule has 0 bridgehead atoms. The number of fused-ring (bicyclic) bond motifs is 3. The molecule has 0 amide bonds. The van der Waals surface area contributed by atoms with Crippen LogP contribution < -0.4 is 0 Å². The summed E-state index contributed by atoms with van der Waals surface area (Å²) in [5, 5.41) is 5.27. The van der Waals surface area contributed by atoms with Crippen LogP contribution in [0, 0.1) is 17.4 Å². The van der Waals surface area contributed by atoms with Gasteiger partial charge in [0.1, 0.15) is 0 Å². The van der Waals surface area contributed by atoms with Gasteiger partial charge in [0.2, 0.25) is 0 Å². The molecule has 0 heterocycles. The zero-order valence-corrected chi connectivity index (χ0v) is 27.9. The van der Waals surface area contributed by atoms with Crippen LogP contribution in [0.5, 0.6) is 0 Å². The van der Waals surface area contributed by atoms with Gasteiger partial charge in [-0.15, -0.1) is 39.7 Å². The Hall–Kier alpha value is -3.02. The maximum absolute atomic E-state index is 3.40. The molecule has 0 radical (unpaired) electrons. The normalized spacial score (nSPS) is 14.2. The topological polar surface area (TPSA) is 0 Å². The molecule has 5 aromatic carbocycles. The second-order valence-corrected chi connectivity index (χ2v) is 14.5. The summed E-state index contributed by atoms with van der Waals surface area (Å²) in [5.74, 6) is 0.587. The molecule has 1 unspecified atom stereocenters. The van der Waals surface area contributed by atoms with E-state index in [-0.39, 0.29) is 0 Å². The molecule has 0 spiro atoms. The van der Waals surface area contributed by atoms with Gasteiger partial charge < -0.3 is 0 Å². The predicted molar refractivity (Wildman–Crippen MR) is 178 cm³/mol. The first kappa shape index (κ1) is 30.9. The van der Waals surface area contributed by atoms with E-state index in [4.69, 9.17) is 0 Å². The van der Waals surface area contributed by atoms with Crippen LogP contribution in [0.1, 0.15) is 54.4 Å². The van der Waals surface area contributed by atoms with Crippen LogP contribution in [-0.4, -0.2) is 3.21 Å². The van der Waals surface area contributed by atoms with Gasteiger partial charge in [0, 0.05) is 0 Å². The Labute approximate surface area is 262 Å². The van der Waals surface area contributed by atoms with Gasteiger partial charge in [-0.25, -0.2) is 6.08 Å². The Morgan fingerprint density at radius 3 is 1.59 bits per heavy atom. The average molecular weight is 614 g/mol. The van der Waals surface area contributed by atoms with E-state index >= 15 is 0 Å². The molecule has 5 aromatic rings. The van der Waals surface area contributed by atoms with Crippen molar-refractivity contribution in [2.45, 2.75) is 54.4 Å². The molecule has 1 aliphatic carbocycles. The molecule has 0 aromatic heterocycles. The van der Waals surface area contributed by atoms with Gasteiger partial charge in [-0.05, 0) is 11.1 Å². The van der Waals surface area contributed by atoms with E-state index in [9.17, 15) is 0 Å². The second kappa shape index (κ2) is 14.2. The molecule has 0 N–H and O–H groups in total. The van der Waals surface area contributed by atoms with Crippen LogP contribution in [0.4, 0.5) is 0 Å². The van der Waals surface area contributed by atoms with Crippen LogP contribution in [-0.2, 0) is 24.2 Å². The maximum atomic E-state index is 3.40. The second-order valence-electron chi connectivity index (χ2n) is 12.1. The van der Waals surface area contributed by atoms with Crippen molar-refractivity contribution in [2.75, 3.05) is 0 Å². The van der Waals surface area contributed by atoms with Crippen LogP contribution >= 0.6 is 0 Å². The first-order chi connectivity index (χ1) is 19.7. The molecule has 0 aliphatic heterocycles. The first-order valence-corrected chi connectivity index (χ1v) is 16.0. The molecule has 1 heteroatoms. The molecule has 6 rings (SSSR count). The van der Waals surface area contributed by atoms with E-state index in [1.165, 1.54) is 65.4 Å².